The topological polar surface area (TPSA) is 29.8 Å². The highest BCUT2D eigenvalue weighted by molar-refractivity contribution is 5.57. The lowest BCUT2D eigenvalue weighted by atomic mass is 10.1. The second-order valence-electron chi connectivity index (χ2n) is 5.41. The highest BCUT2D eigenvalue weighted by Gasteiger charge is 2.14. The van der Waals surface area contributed by atoms with E-state index in [-0.39, 0.29) is 5.54 Å². The molecular weight excluding hydrogens is 210 g/mol. The van der Waals surface area contributed by atoms with E-state index >= 15 is 0 Å². The van der Waals surface area contributed by atoms with Crippen molar-refractivity contribution in [2.45, 2.75) is 32.9 Å². The van der Waals surface area contributed by atoms with E-state index in [1.165, 1.54) is 0 Å². The van der Waals surface area contributed by atoms with Gasteiger partial charge in [0.15, 0.2) is 5.76 Å². The molecule has 0 saturated carbocycles. The molecule has 17 heavy (non-hydrogen) atoms. The van der Waals surface area contributed by atoms with Crippen molar-refractivity contribution in [3.05, 3.63) is 48.2 Å². The Balaban J connectivity index is 2.07. The largest absolute Gasteiger partial charge is 0.455 e. The first-order chi connectivity index (χ1) is 8.04. The summed E-state index contributed by atoms with van der Waals surface area (Å²) in [7, 11) is 0. The molecule has 1 aromatic carbocycles. The Morgan fingerprint density at radius 3 is 2.35 bits per heavy atom. The number of rotatable bonds is 3. The SMILES string of the molecule is CC(C)(C)[NH2+]Cc1ccc(-c2ccccc2)o1. The average molecular weight is 230 g/mol. The number of hydrogen-bond donors (Lipinski definition) is 1. The molecule has 2 nitrogen and oxygen atoms in total. The minimum Gasteiger partial charge on any atom is -0.455 e. The van der Waals surface area contributed by atoms with Crippen molar-refractivity contribution in [2.24, 2.45) is 0 Å². The first-order valence-electron chi connectivity index (χ1n) is 6.03. The van der Waals surface area contributed by atoms with Gasteiger partial charge in [-0.15, -0.1) is 0 Å². The minimum absolute atomic E-state index is 0.236. The lowest BCUT2D eigenvalue weighted by Gasteiger charge is -2.15. The Morgan fingerprint density at radius 2 is 1.71 bits per heavy atom. The Kier molecular flexibility index (Phi) is 3.34. The van der Waals surface area contributed by atoms with Crippen molar-refractivity contribution >= 4 is 0 Å². The summed E-state index contributed by atoms with van der Waals surface area (Å²) in [4.78, 5) is 0. The molecule has 0 amide bonds. The normalized spacial score (nSPS) is 11.7. The Morgan fingerprint density at radius 1 is 1.00 bits per heavy atom. The predicted octanol–water partition coefficient (Wildman–Crippen LogP) is 2.81. The number of hydrogen-bond acceptors (Lipinski definition) is 1. The number of quaternary nitrogens is 1. The van der Waals surface area contributed by atoms with Crippen LogP contribution in [0, 0.1) is 0 Å². The van der Waals surface area contributed by atoms with Crippen LogP contribution in [-0.4, -0.2) is 5.54 Å². The van der Waals surface area contributed by atoms with Crippen LogP contribution in [0.15, 0.2) is 46.9 Å². The molecule has 0 bridgehead atoms. The molecule has 2 N–H and O–H groups in total. The quantitative estimate of drug-likeness (QED) is 0.863. The molecule has 2 rings (SSSR count). The fourth-order valence-corrected chi connectivity index (χ4v) is 1.65. The maximum absolute atomic E-state index is 5.83. The first kappa shape index (κ1) is 11.9. The highest BCUT2D eigenvalue weighted by Crippen LogP contribution is 2.21. The van der Waals surface area contributed by atoms with Crippen LogP contribution in [0.25, 0.3) is 11.3 Å². The van der Waals surface area contributed by atoms with E-state index in [1.54, 1.807) is 0 Å². The molecule has 0 unspecified atom stereocenters. The average Bonchev–Trinajstić information content (AvgIpc) is 2.75. The van der Waals surface area contributed by atoms with E-state index in [0.717, 1.165) is 23.6 Å². The zero-order chi connectivity index (χ0) is 12.3. The maximum atomic E-state index is 5.83. The van der Waals surface area contributed by atoms with Gasteiger partial charge in [0.25, 0.3) is 0 Å². The standard InChI is InChI=1S/C15H19NO/c1-15(2,3)16-11-13-9-10-14(17-13)12-7-5-4-6-8-12/h4-10,16H,11H2,1-3H3/p+1. The molecule has 0 aliphatic carbocycles. The van der Waals surface area contributed by atoms with Gasteiger partial charge in [0.1, 0.15) is 12.3 Å². The summed E-state index contributed by atoms with van der Waals surface area (Å²) in [6.45, 7) is 7.49. The van der Waals surface area contributed by atoms with Gasteiger partial charge in [0.2, 0.25) is 0 Å². The van der Waals surface area contributed by atoms with Crippen LogP contribution >= 0.6 is 0 Å². The molecule has 0 atom stereocenters. The van der Waals surface area contributed by atoms with Crippen LogP contribution in [0.5, 0.6) is 0 Å². The molecule has 0 saturated heterocycles. The molecule has 2 aromatic rings. The van der Waals surface area contributed by atoms with E-state index in [0.29, 0.717) is 0 Å². The van der Waals surface area contributed by atoms with Crippen molar-refractivity contribution in [1.29, 1.82) is 0 Å². The molecular formula is C15H20NO+. The van der Waals surface area contributed by atoms with Gasteiger partial charge in [-0.1, -0.05) is 30.3 Å². The third kappa shape index (κ3) is 3.46. The van der Waals surface area contributed by atoms with Gasteiger partial charge in [-0.3, -0.25) is 0 Å². The van der Waals surface area contributed by atoms with Crippen molar-refractivity contribution in [3.8, 4) is 11.3 Å². The van der Waals surface area contributed by atoms with E-state index in [4.69, 9.17) is 4.42 Å². The summed E-state index contributed by atoms with van der Waals surface area (Å²) < 4.78 is 5.83. The zero-order valence-electron chi connectivity index (χ0n) is 10.7. The summed E-state index contributed by atoms with van der Waals surface area (Å²) in [6, 6.07) is 14.3. The molecule has 1 heterocycles. The summed E-state index contributed by atoms with van der Waals surface area (Å²) in [6.07, 6.45) is 0. The number of nitrogens with two attached hydrogens (primary N) is 1. The lowest BCUT2D eigenvalue weighted by molar-refractivity contribution is -0.732. The summed E-state index contributed by atoms with van der Waals surface area (Å²) >= 11 is 0. The zero-order valence-corrected chi connectivity index (χ0v) is 10.7. The molecule has 0 fully saturated rings. The van der Waals surface area contributed by atoms with Crippen LogP contribution in [0.2, 0.25) is 0 Å². The number of benzene rings is 1. The van der Waals surface area contributed by atoms with E-state index in [1.807, 2.05) is 24.3 Å². The second-order valence-corrected chi connectivity index (χ2v) is 5.41. The summed E-state index contributed by atoms with van der Waals surface area (Å²) in [5.74, 6) is 1.97. The molecule has 0 radical (unpaired) electrons. The first-order valence-corrected chi connectivity index (χ1v) is 6.03. The van der Waals surface area contributed by atoms with E-state index in [2.05, 4.69) is 44.3 Å². The van der Waals surface area contributed by atoms with Crippen molar-refractivity contribution < 1.29 is 9.73 Å². The van der Waals surface area contributed by atoms with Gasteiger partial charge in [-0.05, 0) is 32.9 Å². The van der Waals surface area contributed by atoms with Crippen molar-refractivity contribution in [2.75, 3.05) is 0 Å². The van der Waals surface area contributed by atoms with Gasteiger partial charge >= 0.3 is 0 Å². The van der Waals surface area contributed by atoms with Crippen molar-refractivity contribution in [3.63, 3.8) is 0 Å². The van der Waals surface area contributed by atoms with E-state index < -0.39 is 0 Å². The summed E-state index contributed by atoms with van der Waals surface area (Å²) in [5.41, 5.74) is 1.37. The van der Waals surface area contributed by atoms with Crippen LogP contribution in [-0.2, 0) is 6.54 Å². The smallest absolute Gasteiger partial charge is 0.158 e. The maximum Gasteiger partial charge on any atom is 0.158 e. The highest BCUT2D eigenvalue weighted by atomic mass is 16.3. The molecule has 0 spiro atoms. The second kappa shape index (κ2) is 4.76. The van der Waals surface area contributed by atoms with E-state index in [9.17, 15) is 0 Å². The number of furan rings is 1. The summed E-state index contributed by atoms with van der Waals surface area (Å²) in [5, 5.41) is 2.28. The van der Waals surface area contributed by atoms with Crippen LogP contribution < -0.4 is 5.32 Å². The van der Waals surface area contributed by atoms with Gasteiger partial charge in [0.05, 0.1) is 5.54 Å². The minimum atomic E-state index is 0.236. The molecule has 1 aromatic heterocycles. The third-order valence-corrected chi connectivity index (χ3v) is 2.64. The molecule has 2 heteroatoms. The fourth-order valence-electron chi connectivity index (χ4n) is 1.65. The van der Waals surface area contributed by atoms with Gasteiger partial charge < -0.3 is 9.73 Å². The monoisotopic (exact) mass is 230 g/mol. The third-order valence-electron chi connectivity index (χ3n) is 2.64. The predicted molar refractivity (Wildman–Crippen MR) is 69.5 cm³/mol. The Bertz CT molecular complexity index is 465. The van der Waals surface area contributed by atoms with Crippen molar-refractivity contribution in [1.82, 2.24) is 0 Å². The van der Waals surface area contributed by atoms with Crippen LogP contribution in [0.4, 0.5) is 0 Å². The molecule has 0 aliphatic heterocycles. The molecule has 90 valence electrons. The van der Waals surface area contributed by atoms with Crippen LogP contribution in [0.3, 0.4) is 0 Å². The Hall–Kier alpha value is -1.54. The van der Waals surface area contributed by atoms with Gasteiger partial charge in [-0.25, -0.2) is 0 Å². The Labute approximate surface area is 103 Å². The lowest BCUT2D eigenvalue weighted by Crippen LogP contribution is -2.92. The van der Waals surface area contributed by atoms with Gasteiger partial charge in [0, 0.05) is 5.56 Å². The fraction of sp³-hybridized carbons (Fsp3) is 0.333. The van der Waals surface area contributed by atoms with Gasteiger partial charge in [-0.2, -0.15) is 0 Å². The van der Waals surface area contributed by atoms with Crippen LogP contribution in [0.1, 0.15) is 26.5 Å². The molecule has 0 aliphatic rings.